The molecule has 24 heavy (non-hydrogen) atoms. The molecule has 2 aromatic rings. The summed E-state index contributed by atoms with van der Waals surface area (Å²) in [5, 5.41) is 3.21. The van der Waals surface area contributed by atoms with Crippen LogP contribution in [-0.4, -0.2) is 31.8 Å². The molecule has 0 spiro atoms. The second-order valence-electron chi connectivity index (χ2n) is 5.17. The van der Waals surface area contributed by atoms with Crippen molar-refractivity contribution in [2.75, 3.05) is 19.8 Å². The summed E-state index contributed by atoms with van der Waals surface area (Å²) in [5.41, 5.74) is 0. The molecule has 0 saturated carbocycles. The van der Waals surface area contributed by atoms with Gasteiger partial charge in [-0.25, -0.2) is 0 Å². The highest BCUT2D eigenvalue weighted by Crippen LogP contribution is 2.30. The molecule has 1 N–H and O–H groups in total. The Morgan fingerprint density at radius 1 is 1.29 bits per heavy atom. The van der Waals surface area contributed by atoms with Crippen molar-refractivity contribution in [3.8, 4) is 17.2 Å². The Bertz CT molecular complexity index is 740. The van der Waals surface area contributed by atoms with Crippen LogP contribution in [0.15, 0.2) is 46.9 Å². The number of carbonyl (C=O) groups is 1. The Balaban J connectivity index is 1.45. The maximum absolute atomic E-state index is 11.9. The smallest absolute Gasteiger partial charge is 0.258 e. The highest BCUT2D eigenvalue weighted by atomic mass is 79.9. The number of carbonyl (C=O) groups excluding carboxylic acids is 1. The third kappa shape index (κ3) is 4.33. The number of benzene rings is 2. The Morgan fingerprint density at radius 3 is 2.88 bits per heavy atom. The quantitative estimate of drug-likeness (QED) is 0.817. The van der Waals surface area contributed by atoms with E-state index in [4.69, 9.17) is 25.8 Å². The molecule has 3 rings (SSSR count). The van der Waals surface area contributed by atoms with Crippen molar-refractivity contribution >= 4 is 33.4 Å². The fourth-order valence-electron chi connectivity index (χ4n) is 2.18. The predicted octanol–water partition coefficient (Wildman–Crippen LogP) is 3.44. The van der Waals surface area contributed by atoms with Crippen LogP contribution < -0.4 is 19.5 Å². The van der Waals surface area contributed by atoms with Gasteiger partial charge in [0.2, 0.25) is 0 Å². The summed E-state index contributed by atoms with van der Waals surface area (Å²) in [6, 6.07) is 12.6. The monoisotopic (exact) mass is 411 g/mol. The highest BCUT2D eigenvalue weighted by Gasteiger charge is 2.21. The van der Waals surface area contributed by atoms with Crippen LogP contribution in [0.25, 0.3) is 0 Å². The molecule has 0 fully saturated rings. The van der Waals surface area contributed by atoms with E-state index < -0.39 is 0 Å². The summed E-state index contributed by atoms with van der Waals surface area (Å²) >= 11 is 9.35. The van der Waals surface area contributed by atoms with Gasteiger partial charge in [-0.1, -0.05) is 39.7 Å². The van der Waals surface area contributed by atoms with Crippen LogP contribution in [0.2, 0.25) is 5.02 Å². The van der Waals surface area contributed by atoms with E-state index in [1.807, 2.05) is 24.3 Å². The Hall–Kier alpha value is -1.92. The largest absolute Gasteiger partial charge is 0.486 e. The second kappa shape index (κ2) is 7.77. The highest BCUT2D eigenvalue weighted by molar-refractivity contribution is 9.10. The number of ether oxygens (including phenoxy) is 3. The summed E-state index contributed by atoms with van der Waals surface area (Å²) in [4.78, 5) is 11.9. The van der Waals surface area contributed by atoms with Gasteiger partial charge < -0.3 is 19.5 Å². The average Bonchev–Trinajstić information content (AvgIpc) is 2.59. The van der Waals surface area contributed by atoms with E-state index >= 15 is 0 Å². The molecule has 1 amide bonds. The zero-order valence-corrected chi connectivity index (χ0v) is 15.0. The van der Waals surface area contributed by atoms with Crippen LogP contribution in [0.4, 0.5) is 0 Å². The third-order valence-electron chi connectivity index (χ3n) is 3.35. The second-order valence-corrected chi connectivity index (χ2v) is 6.49. The number of rotatable bonds is 5. The number of hydrogen-bond donors (Lipinski definition) is 1. The van der Waals surface area contributed by atoms with E-state index in [-0.39, 0.29) is 18.6 Å². The zero-order valence-electron chi connectivity index (χ0n) is 12.6. The first-order chi connectivity index (χ1) is 11.6. The van der Waals surface area contributed by atoms with Crippen LogP contribution in [0.5, 0.6) is 17.2 Å². The number of amides is 1. The molecule has 5 nitrogen and oxygen atoms in total. The van der Waals surface area contributed by atoms with Gasteiger partial charge in [0.05, 0.1) is 11.6 Å². The Kier molecular flexibility index (Phi) is 5.48. The summed E-state index contributed by atoms with van der Waals surface area (Å²) in [6.45, 7) is 0.604. The lowest BCUT2D eigenvalue weighted by molar-refractivity contribution is -0.123. The van der Waals surface area contributed by atoms with Crippen molar-refractivity contribution in [3.05, 3.63) is 52.0 Å². The molecular formula is C17H15BrClNO4. The molecule has 0 bridgehead atoms. The zero-order chi connectivity index (χ0) is 16.9. The lowest BCUT2D eigenvalue weighted by Gasteiger charge is -2.26. The molecule has 1 heterocycles. The summed E-state index contributed by atoms with van der Waals surface area (Å²) in [5.74, 6) is 1.60. The van der Waals surface area contributed by atoms with Gasteiger partial charge in [-0.05, 0) is 30.3 Å². The van der Waals surface area contributed by atoms with Gasteiger partial charge in [-0.2, -0.15) is 0 Å². The maximum Gasteiger partial charge on any atom is 0.258 e. The molecule has 7 heteroatoms. The molecule has 0 aromatic heterocycles. The summed E-state index contributed by atoms with van der Waals surface area (Å²) in [7, 11) is 0. The van der Waals surface area contributed by atoms with Gasteiger partial charge in [0.25, 0.3) is 5.91 Å². The first-order valence-corrected chi connectivity index (χ1v) is 8.52. The average molecular weight is 413 g/mol. The topological polar surface area (TPSA) is 56.8 Å². The fraction of sp³-hybridized carbons (Fsp3) is 0.235. The molecule has 0 unspecified atom stereocenters. The SMILES string of the molecule is O=C(COc1ccc(Br)cc1Cl)NC[C@H]1COc2ccccc2O1. The molecule has 1 aliphatic heterocycles. The number of nitrogens with one attached hydrogen (secondary N) is 1. The van der Waals surface area contributed by atoms with Gasteiger partial charge in [0.1, 0.15) is 18.5 Å². The molecule has 0 aliphatic carbocycles. The minimum absolute atomic E-state index is 0.120. The standard InChI is InChI=1S/C17H15BrClNO4/c18-11-5-6-14(13(19)7-11)23-10-17(21)20-8-12-9-22-15-3-1-2-4-16(15)24-12/h1-7,12H,8-10H2,(H,20,21)/t12-/m0/s1. The molecule has 2 aromatic carbocycles. The lowest BCUT2D eigenvalue weighted by Crippen LogP contribution is -2.42. The normalized spacial score (nSPS) is 15.7. The van der Waals surface area contributed by atoms with Gasteiger partial charge in [-0.15, -0.1) is 0 Å². The molecule has 0 saturated heterocycles. The van der Waals surface area contributed by atoms with E-state index in [9.17, 15) is 4.79 Å². The van der Waals surface area contributed by atoms with E-state index in [1.54, 1.807) is 18.2 Å². The van der Waals surface area contributed by atoms with Crippen molar-refractivity contribution in [2.45, 2.75) is 6.10 Å². The van der Waals surface area contributed by atoms with E-state index in [2.05, 4.69) is 21.2 Å². The lowest BCUT2D eigenvalue weighted by atomic mass is 10.2. The maximum atomic E-state index is 11.9. The first kappa shape index (κ1) is 16.9. The van der Waals surface area contributed by atoms with Crippen LogP contribution in [0.3, 0.4) is 0 Å². The minimum atomic E-state index is -0.253. The molecule has 1 aliphatic rings. The van der Waals surface area contributed by atoms with Gasteiger partial charge in [0, 0.05) is 4.47 Å². The van der Waals surface area contributed by atoms with E-state index in [0.29, 0.717) is 35.4 Å². The van der Waals surface area contributed by atoms with E-state index in [1.165, 1.54) is 0 Å². The summed E-state index contributed by atoms with van der Waals surface area (Å²) in [6.07, 6.45) is -0.236. The predicted molar refractivity (Wildman–Crippen MR) is 94.0 cm³/mol. The van der Waals surface area contributed by atoms with Crippen molar-refractivity contribution in [1.82, 2.24) is 5.32 Å². The third-order valence-corrected chi connectivity index (χ3v) is 4.14. The fourth-order valence-corrected chi connectivity index (χ4v) is 2.91. The number of hydrogen-bond acceptors (Lipinski definition) is 4. The molecule has 1 atom stereocenters. The van der Waals surface area contributed by atoms with Gasteiger partial charge in [0.15, 0.2) is 18.1 Å². The molecule has 126 valence electrons. The van der Waals surface area contributed by atoms with Crippen LogP contribution in [0.1, 0.15) is 0 Å². The number of para-hydroxylation sites is 2. The summed E-state index contributed by atoms with van der Waals surface area (Å²) < 4.78 is 17.6. The minimum Gasteiger partial charge on any atom is -0.486 e. The van der Waals surface area contributed by atoms with Crippen LogP contribution in [-0.2, 0) is 4.79 Å². The van der Waals surface area contributed by atoms with Crippen LogP contribution in [0, 0.1) is 0 Å². The molecule has 0 radical (unpaired) electrons. The van der Waals surface area contributed by atoms with Crippen LogP contribution >= 0.6 is 27.5 Å². The van der Waals surface area contributed by atoms with Gasteiger partial charge >= 0.3 is 0 Å². The van der Waals surface area contributed by atoms with Crippen molar-refractivity contribution < 1.29 is 19.0 Å². The number of halogens is 2. The Labute approximate surface area is 153 Å². The molecular weight excluding hydrogens is 398 g/mol. The van der Waals surface area contributed by atoms with Crippen molar-refractivity contribution in [3.63, 3.8) is 0 Å². The van der Waals surface area contributed by atoms with Crippen molar-refractivity contribution in [2.24, 2.45) is 0 Å². The first-order valence-electron chi connectivity index (χ1n) is 7.35. The van der Waals surface area contributed by atoms with Gasteiger partial charge in [-0.3, -0.25) is 4.79 Å². The number of fused-ring (bicyclic) bond motifs is 1. The van der Waals surface area contributed by atoms with Crippen molar-refractivity contribution in [1.29, 1.82) is 0 Å². The van der Waals surface area contributed by atoms with E-state index in [0.717, 1.165) is 4.47 Å². The Morgan fingerprint density at radius 2 is 2.08 bits per heavy atom.